The lowest BCUT2D eigenvalue weighted by molar-refractivity contribution is 0.153. The summed E-state index contributed by atoms with van der Waals surface area (Å²) in [6.07, 6.45) is 2.36. The van der Waals surface area contributed by atoms with Gasteiger partial charge in [0.1, 0.15) is 0 Å². The first-order valence-corrected chi connectivity index (χ1v) is 29.6. The van der Waals surface area contributed by atoms with E-state index >= 15 is 0 Å². The lowest BCUT2D eigenvalue weighted by Crippen LogP contribution is -2.69. The second-order valence-electron chi connectivity index (χ2n) is 23.0. The van der Waals surface area contributed by atoms with E-state index in [4.69, 9.17) is 0 Å². The van der Waals surface area contributed by atoms with Crippen molar-refractivity contribution in [2.24, 2.45) is 0 Å². The van der Waals surface area contributed by atoms with E-state index in [9.17, 15) is 0 Å². The Bertz CT molecular complexity index is 1070. The molecule has 12 nitrogen and oxygen atoms in total. The summed E-state index contributed by atoms with van der Waals surface area (Å²) in [5, 5.41) is 0. The fraction of sp³-hybridized carbons (Fsp3) is 1.00. The van der Waals surface area contributed by atoms with Gasteiger partial charge in [-0.3, -0.25) is 0 Å². The summed E-state index contributed by atoms with van der Waals surface area (Å²) in [7, 11) is 26.9. The van der Waals surface area contributed by atoms with E-state index < -0.39 is 44.4 Å². The van der Waals surface area contributed by atoms with Gasteiger partial charge in [0.15, 0.2) is 0 Å². The van der Waals surface area contributed by atoms with Crippen LogP contribution in [-0.4, -0.2) is 272 Å². The van der Waals surface area contributed by atoms with Crippen LogP contribution in [0.15, 0.2) is 0 Å². The van der Waals surface area contributed by atoms with Crippen LogP contribution in [0.1, 0.15) is 144 Å². The van der Waals surface area contributed by atoms with Crippen molar-refractivity contribution in [3.05, 3.63) is 0 Å². The average Bonchev–Trinajstić information content (AvgIpc) is 3.17. The third-order valence-corrected chi connectivity index (χ3v) is 26.4. The Morgan fingerprint density at radius 2 is 0.556 bits per heavy atom. The first-order valence-electron chi connectivity index (χ1n) is 25.0. The normalized spacial score (nSPS) is 13.5. The zero-order valence-electron chi connectivity index (χ0n) is 49.0. The van der Waals surface area contributed by atoms with E-state index in [1.807, 2.05) is 0 Å². The van der Waals surface area contributed by atoms with Gasteiger partial charge < -0.3 is 49.7 Å². The molecule has 0 saturated heterocycles. The average molecular weight is 943 g/mol. The van der Waals surface area contributed by atoms with Crippen molar-refractivity contribution in [2.45, 2.75) is 179 Å². The molecule has 0 aromatic heterocycles. The summed E-state index contributed by atoms with van der Waals surface area (Å²) in [6, 6.07) is 1.21. The van der Waals surface area contributed by atoms with Crippen LogP contribution in [0.5, 0.6) is 0 Å². The molecule has 0 fully saturated rings. The van der Waals surface area contributed by atoms with Crippen LogP contribution in [0, 0.1) is 0 Å². The van der Waals surface area contributed by atoms with Gasteiger partial charge in [-0.1, -0.05) is 62.3 Å². The Balaban J connectivity index is -0.000000861. The maximum atomic E-state index is 2.74. The molecular weight excluding hydrogens is 826 g/mol. The molecule has 0 spiro atoms. The van der Waals surface area contributed by atoms with Gasteiger partial charge in [-0.25, -0.2) is 0 Å². The summed E-state index contributed by atoms with van der Waals surface area (Å²) >= 11 is -4.02. The van der Waals surface area contributed by atoms with Crippen LogP contribution in [-0.2, 0) is 0 Å². The van der Waals surface area contributed by atoms with Gasteiger partial charge in [-0.2, -0.15) is 0 Å². The molecule has 0 heterocycles. The van der Waals surface area contributed by atoms with Crippen LogP contribution in [0.4, 0.5) is 0 Å². The topological polar surface area (TPSA) is 38.9 Å². The number of hydrogen-bond acceptors (Lipinski definition) is 12. The zero-order valence-corrected chi connectivity index (χ0v) is 52.5. The van der Waals surface area contributed by atoms with E-state index in [2.05, 4.69) is 266 Å². The highest BCUT2D eigenvalue weighted by Crippen LogP contribution is 2.26. The van der Waals surface area contributed by atoms with Crippen LogP contribution in [0.25, 0.3) is 0 Å². The minimum atomic E-state index is -1.41. The monoisotopic (exact) mass is 943 g/mol. The minimum absolute atomic E-state index is 0.196. The Morgan fingerprint density at radius 1 is 0.333 bits per heavy atom. The molecule has 0 unspecified atom stereocenters. The molecule has 0 rings (SSSR count). The fourth-order valence-corrected chi connectivity index (χ4v) is 17.6. The predicted octanol–water partition coefficient (Wildman–Crippen LogP) is 6.95. The van der Waals surface area contributed by atoms with E-state index in [1.54, 1.807) is 0 Å². The van der Waals surface area contributed by atoms with Gasteiger partial charge in [0, 0.05) is 19.6 Å². The molecule has 0 bridgehead atoms. The molecule has 0 radical (unpaired) electrons. The molecular formula is C48H117Al3N12. The van der Waals surface area contributed by atoms with E-state index in [1.165, 1.54) is 12.8 Å². The molecule has 15 heteroatoms. The van der Waals surface area contributed by atoms with Crippen molar-refractivity contribution in [1.29, 1.82) is 0 Å². The summed E-state index contributed by atoms with van der Waals surface area (Å²) < 4.78 is 24.0. The van der Waals surface area contributed by atoms with Crippen molar-refractivity contribution >= 4 is 44.4 Å². The zero-order chi connectivity index (χ0) is 50.6. The lowest BCUT2D eigenvalue weighted by atomic mass is 10.0. The molecule has 0 amide bonds. The van der Waals surface area contributed by atoms with Crippen molar-refractivity contribution in [3.8, 4) is 0 Å². The summed E-state index contributed by atoms with van der Waals surface area (Å²) in [5.74, 6) is 0. The number of rotatable bonds is 27. The Kier molecular flexibility index (Phi) is 34.8. The third kappa shape index (κ3) is 25.5. The molecule has 0 aromatic carbocycles. The van der Waals surface area contributed by atoms with Gasteiger partial charge in [0.2, 0.25) is 0 Å². The number of nitrogens with zero attached hydrogens (tertiary/aromatic N) is 12. The molecule has 0 aliphatic rings. The molecule has 0 aromatic rings. The Hall–Kier alpha value is 1.12. The second-order valence-corrected chi connectivity index (χ2v) is 32.0. The van der Waals surface area contributed by atoms with Gasteiger partial charge in [0.05, 0.1) is 0 Å². The van der Waals surface area contributed by atoms with Gasteiger partial charge in [0.25, 0.3) is 0 Å². The van der Waals surface area contributed by atoms with Crippen LogP contribution >= 0.6 is 0 Å². The molecule has 0 aliphatic carbocycles. The van der Waals surface area contributed by atoms with Gasteiger partial charge in [-0.15, -0.1) is 0 Å². The maximum absolute atomic E-state index is 2.74. The predicted molar refractivity (Wildman–Crippen MR) is 290 cm³/mol. The quantitative estimate of drug-likeness (QED) is 0.0802. The molecule has 0 saturated carbocycles. The summed E-state index contributed by atoms with van der Waals surface area (Å²) in [6.45, 7) is 54.4. The standard InChI is InChI=1S/3C6H15N2.2C6H14N.2C5H12N.2C4H10N.3Al/c3*1-4-7-5-6-8(2)3;2*1-5-6(2,3)7-4;2*1-5(2,3)6-4;2*1-4(2)5-3;;;/h3*4-6H2,1-3H3;2*5H2,1-4H3;2*1-4H3;2*4H,1-3H3;;;/q9*-1;3*+3. The highest BCUT2D eigenvalue weighted by atomic mass is 27.2. The van der Waals surface area contributed by atoms with Crippen molar-refractivity contribution in [1.82, 2.24) is 49.7 Å². The smallest absolute Gasteiger partial charge is 0.357 e. The van der Waals surface area contributed by atoms with E-state index in [-0.39, 0.29) is 22.2 Å². The Morgan fingerprint density at radius 3 is 0.730 bits per heavy atom. The number of hydrogen-bond donors (Lipinski definition) is 0. The van der Waals surface area contributed by atoms with Gasteiger partial charge >= 0.3 is 44.4 Å². The summed E-state index contributed by atoms with van der Waals surface area (Å²) in [4.78, 5) is 6.85. The largest absolute Gasteiger partial charge is 0.609 e. The highest BCUT2D eigenvalue weighted by molar-refractivity contribution is 6.50. The first-order chi connectivity index (χ1) is 28.5. The molecule has 63 heavy (non-hydrogen) atoms. The molecule has 0 aliphatic heterocycles. The number of likely N-dealkylation sites (N-methyl/N-ethyl adjacent to an activating group) is 6. The third-order valence-electron chi connectivity index (χ3n) is 14.2. The van der Waals surface area contributed by atoms with E-state index in [0.717, 1.165) is 58.9 Å². The Labute approximate surface area is 413 Å². The first kappa shape index (κ1) is 68.4. The van der Waals surface area contributed by atoms with E-state index in [0.29, 0.717) is 12.1 Å². The lowest BCUT2D eigenvalue weighted by Gasteiger charge is -2.50. The van der Waals surface area contributed by atoms with Crippen molar-refractivity contribution < 1.29 is 0 Å². The fourth-order valence-electron chi connectivity index (χ4n) is 6.95. The van der Waals surface area contributed by atoms with Crippen LogP contribution < -0.4 is 0 Å². The molecule has 378 valence electrons. The highest BCUT2D eigenvalue weighted by Gasteiger charge is 2.47. The van der Waals surface area contributed by atoms with Crippen LogP contribution in [0.2, 0.25) is 0 Å². The maximum Gasteiger partial charge on any atom is 0.609 e. The van der Waals surface area contributed by atoms with Crippen LogP contribution in [0.3, 0.4) is 0 Å². The minimum Gasteiger partial charge on any atom is -0.357 e. The molecule has 0 atom stereocenters. The summed E-state index contributed by atoms with van der Waals surface area (Å²) in [5.41, 5.74) is 0.866. The van der Waals surface area contributed by atoms with Crippen molar-refractivity contribution in [3.63, 3.8) is 0 Å². The van der Waals surface area contributed by atoms with Gasteiger partial charge in [-0.05, 0) is 240 Å². The second kappa shape index (κ2) is 32.1. The SMILES string of the molecule is CC[N](CCN(C)C)[Al]([N](C)C(C)(C)C)[N](C)C(C)(C)C.CC[N](CCN(C)C)[Al]([N](C)C(C)(C)CC)[N](C)C(C)(C)CC.CC[N](CCN(C)C)[Al]([N](C)C(C)C)[N](C)C(C)C. The van der Waals surface area contributed by atoms with Crippen molar-refractivity contribution in [2.75, 3.05) is 143 Å². The molecule has 0 N–H and O–H groups in total.